The van der Waals surface area contributed by atoms with E-state index >= 15 is 0 Å². The summed E-state index contributed by atoms with van der Waals surface area (Å²) >= 11 is 0. The van der Waals surface area contributed by atoms with Crippen molar-refractivity contribution in [2.24, 2.45) is 5.92 Å². The number of aromatic nitrogens is 4. The van der Waals surface area contributed by atoms with Crippen molar-refractivity contribution in [2.45, 2.75) is 26.3 Å². The number of piperazine rings is 1. The van der Waals surface area contributed by atoms with Crippen molar-refractivity contribution in [3.8, 4) is 6.07 Å². The normalized spacial score (nSPS) is 19.2. The van der Waals surface area contributed by atoms with E-state index in [9.17, 15) is 5.26 Å². The Labute approximate surface area is 176 Å². The lowest BCUT2D eigenvalue weighted by molar-refractivity contribution is 0.452. The van der Waals surface area contributed by atoms with Gasteiger partial charge in [-0.05, 0) is 29.7 Å². The molecule has 5 rings (SSSR count). The highest BCUT2D eigenvalue weighted by molar-refractivity contribution is 5.61. The molecule has 0 saturated carbocycles. The van der Waals surface area contributed by atoms with Crippen molar-refractivity contribution >= 4 is 17.3 Å². The van der Waals surface area contributed by atoms with Crippen molar-refractivity contribution < 1.29 is 0 Å². The van der Waals surface area contributed by atoms with Crippen LogP contribution in [0.1, 0.15) is 36.6 Å². The smallest absolute Gasteiger partial charge is 0.175 e. The molecule has 1 N–H and O–H groups in total. The maximum Gasteiger partial charge on any atom is 0.175 e. The lowest BCUT2D eigenvalue weighted by Gasteiger charge is -2.38. The van der Waals surface area contributed by atoms with Gasteiger partial charge in [0.05, 0.1) is 11.3 Å². The van der Waals surface area contributed by atoms with Gasteiger partial charge in [-0.15, -0.1) is 0 Å². The Morgan fingerprint density at radius 1 is 1.13 bits per heavy atom. The average molecular weight is 403 g/mol. The van der Waals surface area contributed by atoms with E-state index in [0.717, 1.165) is 50.9 Å². The summed E-state index contributed by atoms with van der Waals surface area (Å²) in [7, 11) is 0. The van der Waals surface area contributed by atoms with Gasteiger partial charge in [0.25, 0.3) is 0 Å². The first-order valence-corrected chi connectivity index (χ1v) is 10.6. The molecular weight excluding hydrogens is 376 g/mol. The fraction of sp³-hybridized carbons (Fsp3) is 0.455. The van der Waals surface area contributed by atoms with Crippen LogP contribution in [0.25, 0.3) is 5.65 Å². The summed E-state index contributed by atoms with van der Waals surface area (Å²) in [6.07, 6.45) is 1.51. The Balaban J connectivity index is 1.52. The van der Waals surface area contributed by atoms with Gasteiger partial charge in [-0.25, -0.2) is 9.97 Å². The molecular formula is C22H26N8. The molecule has 30 heavy (non-hydrogen) atoms. The summed E-state index contributed by atoms with van der Waals surface area (Å²) in [6, 6.07) is 10.4. The zero-order chi connectivity index (χ0) is 20.7. The molecule has 8 heteroatoms. The first kappa shape index (κ1) is 18.8. The summed E-state index contributed by atoms with van der Waals surface area (Å²) < 4.78 is 1.78. The number of rotatable bonds is 3. The second-order valence-electron chi connectivity index (χ2n) is 8.39. The van der Waals surface area contributed by atoms with E-state index in [-0.39, 0.29) is 0 Å². The largest absolute Gasteiger partial charge is 0.354 e. The van der Waals surface area contributed by atoms with Gasteiger partial charge in [0.2, 0.25) is 0 Å². The number of nitrogens with zero attached hydrogens (tertiary/aromatic N) is 7. The predicted molar refractivity (Wildman–Crippen MR) is 116 cm³/mol. The van der Waals surface area contributed by atoms with Gasteiger partial charge in [-0.1, -0.05) is 19.9 Å². The Bertz CT molecular complexity index is 1110. The van der Waals surface area contributed by atoms with Crippen LogP contribution in [0.15, 0.2) is 30.6 Å². The Kier molecular flexibility index (Phi) is 4.75. The quantitative estimate of drug-likeness (QED) is 0.718. The highest BCUT2D eigenvalue weighted by Gasteiger charge is 2.31. The molecule has 3 aromatic heterocycles. The molecule has 8 nitrogen and oxygen atoms in total. The van der Waals surface area contributed by atoms with Gasteiger partial charge in [-0.2, -0.15) is 14.9 Å². The van der Waals surface area contributed by atoms with Crippen LogP contribution in [0.2, 0.25) is 0 Å². The standard InChI is InChI=1S/C22H26N8/c1-15(2)18-13-29(20-6-4-16(11-23)22-25-14-26-30(20)22)12-17-3-5-19(27-21(17)18)28-9-7-24-8-10-28/h3-6,14-15,18,24H,7-10,12-13H2,1-2H3/t18-/m0/s1. The molecule has 2 aliphatic rings. The van der Waals surface area contributed by atoms with Crippen LogP contribution in [0.3, 0.4) is 0 Å². The van der Waals surface area contributed by atoms with Gasteiger partial charge >= 0.3 is 0 Å². The van der Waals surface area contributed by atoms with Crippen molar-refractivity contribution in [1.29, 1.82) is 5.26 Å². The fourth-order valence-electron chi connectivity index (χ4n) is 4.54. The van der Waals surface area contributed by atoms with E-state index in [0.29, 0.717) is 23.0 Å². The van der Waals surface area contributed by atoms with Crippen LogP contribution in [-0.2, 0) is 6.54 Å². The van der Waals surface area contributed by atoms with E-state index in [1.54, 1.807) is 4.52 Å². The maximum absolute atomic E-state index is 9.37. The fourth-order valence-corrected chi connectivity index (χ4v) is 4.54. The monoisotopic (exact) mass is 402 g/mol. The van der Waals surface area contributed by atoms with E-state index in [1.165, 1.54) is 17.6 Å². The Morgan fingerprint density at radius 3 is 2.73 bits per heavy atom. The van der Waals surface area contributed by atoms with Crippen LogP contribution in [-0.4, -0.2) is 52.3 Å². The lowest BCUT2D eigenvalue weighted by atomic mass is 9.86. The van der Waals surface area contributed by atoms with Crippen LogP contribution in [0, 0.1) is 17.2 Å². The average Bonchev–Trinajstić information content (AvgIpc) is 3.28. The number of pyridine rings is 2. The van der Waals surface area contributed by atoms with Crippen molar-refractivity contribution in [1.82, 2.24) is 24.9 Å². The van der Waals surface area contributed by atoms with Crippen LogP contribution in [0.4, 0.5) is 11.6 Å². The SMILES string of the molecule is CC(C)[C@@H]1CN(c2ccc(C#N)c3ncnn23)Cc2ccc(N3CCNCC3)nc21. The number of nitrogens with one attached hydrogen (secondary N) is 1. The molecule has 3 aromatic rings. The summed E-state index contributed by atoms with van der Waals surface area (Å²) in [6.45, 7) is 10.2. The highest BCUT2D eigenvalue weighted by atomic mass is 15.4. The third-order valence-electron chi connectivity index (χ3n) is 6.22. The lowest BCUT2D eigenvalue weighted by Crippen LogP contribution is -2.44. The summed E-state index contributed by atoms with van der Waals surface area (Å²) in [5.74, 6) is 2.84. The minimum atomic E-state index is 0.325. The van der Waals surface area contributed by atoms with Crippen LogP contribution >= 0.6 is 0 Å². The van der Waals surface area contributed by atoms with Crippen molar-refractivity contribution in [3.05, 3.63) is 47.4 Å². The predicted octanol–water partition coefficient (Wildman–Crippen LogP) is 2.17. The molecule has 0 bridgehead atoms. The highest BCUT2D eigenvalue weighted by Crippen LogP contribution is 2.36. The molecule has 1 atom stereocenters. The molecule has 0 amide bonds. The number of anilines is 2. The first-order valence-electron chi connectivity index (χ1n) is 10.6. The van der Waals surface area contributed by atoms with Gasteiger partial charge in [0.1, 0.15) is 24.0 Å². The van der Waals surface area contributed by atoms with E-state index in [4.69, 9.17) is 4.98 Å². The molecule has 0 spiro atoms. The summed E-state index contributed by atoms with van der Waals surface area (Å²) in [5.41, 5.74) is 3.63. The molecule has 0 unspecified atom stereocenters. The summed E-state index contributed by atoms with van der Waals surface area (Å²) in [4.78, 5) is 14.1. The zero-order valence-electron chi connectivity index (χ0n) is 17.4. The van der Waals surface area contributed by atoms with Crippen LogP contribution < -0.4 is 15.1 Å². The minimum Gasteiger partial charge on any atom is -0.354 e. The first-order chi connectivity index (χ1) is 14.7. The zero-order valence-corrected chi connectivity index (χ0v) is 17.4. The number of hydrogen-bond donors (Lipinski definition) is 1. The van der Waals surface area contributed by atoms with Gasteiger partial charge in [0, 0.05) is 45.2 Å². The maximum atomic E-state index is 9.37. The second-order valence-corrected chi connectivity index (χ2v) is 8.39. The van der Waals surface area contributed by atoms with Gasteiger partial charge in [0.15, 0.2) is 5.65 Å². The van der Waals surface area contributed by atoms with E-state index in [2.05, 4.69) is 57.2 Å². The third-order valence-corrected chi connectivity index (χ3v) is 6.22. The summed E-state index contributed by atoms with van der Waals surface area (Å²) in [5, 5.41) is 17.2. The molecule has 2 aliphatic heterocycles. The van der Waals surface area contributed by atoms with E-state index in [1.807, 2.05) is 12.1 Å². The molecule has 0 aromatic carbocycles. The Morgan fingerprint density at radius 2 is 1.97 bits per heavy atom. The third kappa shape index (κ3) is 3.15. The van der Waals surface area contributed by atoms with Crippen LogP contribution in [0.5, 0.6) is 0 Å². The van der Waals surface area contributed by atoms with Crippen molar-refractivity contribution in [2.75, 3.05) is 42.5 Å². The van der Waals surface area contributed by atoms with Gasteiger partial charge < -0.3 is 15.1 Å². The topological polar surface area (TPSA) is 85.4 Å². The Hall–Kier alpha value is -3.18. The molecule has 0 aliphatic carbocycles. The van der Waals surface area contributed by atoms with Crippen molar-refractivity contribution in [3.63, 3.8) is 0 Å². The molecule has 5 heterocycles. The second kappa shape index (κ2) is 7.58. The molecule has 1 saturated heterocycles. The van der Waals surface area contributed by atoms with Gasteiger partial charge in [-0.3, -0.25) is 0 Å². The minimum absolute atomic E-state index is 0.325. The number of hydrogen-bond acceptors (Lipinski definition) is 7. The molecule has 154 valence electrons. The molecule has 1 fully saturated rings. The number of nitriles is 1. The molecule has 0 radical (unpaired) electrons. The number of fused-ring (bicyclic) bond motifs is 2. The van der Waals surface area contributed by atoms with E-state index < -0.39 is 0 Å².